The van der Waals surface area contributed by atoms with Crippen molar-refractivity contribution in [3.63, 3.8) is 0 Å². The molecule has 0 saturated carbocycles. The number of imidazole rings is 1. The number of aliphatic hydroxyl groups is 1. The van der Waals surface area contributed by atoms with E-state index in [4.69, 9.17) is 21.6 Å². The van der Waals surface area contributed by atoms with E-state index in [0.29, 0.717) is 17.0 Å². The van der Waals surface area contributed by atoms with Crippen LogP contribution >= 0.6 is 0 Å². The molecule has 1 saturated heterocycles. The Bertz CT molecular complexity index is 842. The normalized spacial score (nSPS) is 26.4. The number of nitrogens with two attached hydrogens (primary N) is 1. The third-order valence-electron chi connectivity index (χ3n) is 3.94. The van der Waals surface area contributed by atoms with E-state index < -0.39 is 30.5 Å². The average Bonchev–Trinajstić information content (AvgIpc) is 3.08. The Hall–Kier alpha value is -2.70. The number of hydrogen-bond acceptors (Lipinski definition) is 8. The average molecular weight is 331 g/mol. The largest absolute Gasteiger partial charge is 0.458 e. The summed E-state index contributed by atoms with van der Waals surface area (Å²) >= 11 is 0. The van der Waals surface area contributed by atoms with Crippen molar-refractivity contribution in [2.24, 2.45) is 0 Å². The van der Waals surface area contributed by atoms with Gasteiger partial charge in [-0.2, -0.15) is 0 Å². The van der Waals surface area contributed by atoms with Gasteiger partial charge in [-0.1, -0.05) is 5.92 Å². The van der Waals surface area contributed by atoms with Crippen LogP contribution in [0.3, 0.4) is 0 Å². The Morgan fingerprint density at radius 1 is 1.67 bits per heavy atom. The molecule has 0 spiro atoms. The molecule has 0 radical (unpaired) electrons. The lowest BCUT2D eigenvalue weighted by Gasteiger charge is -2.26. The topological polar surface area (TPSA) is 125 Å². The van der Waals surface area contributed by atoms with Gasteiger partial charge in [0.25, 0.3) is 0 Å². The molecule has 24 heavy (non-hydrogen) atoms. The van der Waals surface area contributed by atoms with Crippen molar-refractivity contribution in [1.29, 1.82) is 0 Å². The second-order valence-electron chi connectivity index (χ2n) is 5.58. The van der Waals surface area contributed by atoms with Crippen molar-refractivity contribution >= 4 is 23.0 Å². The van der Waals surface area contributed by atoms with Crippen molar-refractivity contribution < 1.29 is 19.4 Å². The van der Waals surface area contributed by atoms with Crippen LogP contribution in [0.25, 0.3) is 11.2 Å². The highest BCUT2D eigenvalue weighted by Crippen LogP contribution is 2.39. The number of nitrogen functional groups attached to an aromatic ring is 1. The number of carbonyl (C=O) groups excluding carboxylic acids is 1. The van der Waals surface area contributed by atoms with Crippen LogP contribution in [0.4, 0.5) is 5.82 Å². The molecule has 0 aliphatic carbocycles. The molecule has 0 amide bonds. The standard InChI is InChI=1S/C15H17N5O4/c1-4-15(6-21)10(23-9(3)22)5-11(24-15)20-7-17-12-13(16)18-8(2)19-14(12)20/h1,7,10-11,21H,5-6H2,2-3H3,(H2,16,18,19)/t10-,11+,15+/m0/s1. The van der Waals surface area contributed by atoms with E-state index in [9.17, 15) is 9.90 Å². The summed E-state index contributed by atoms with van der Waals surface area (Å²) in [4.78, 5) is 23.9. The maximum atomic E-state index is 11.3. The number of ether oxygens (including phenoxy) is 2. The van der Waals surface area contributed by atoms with E-state index >= 15 is 0 Å². The Morgan fingerprint density at radius 3 is 3.04 bits per heavy atom. The lowest BCUT2D eigenvalue weighted by molar-refractivity contribution is -0.156. The zero-order chi connectivity index (χ0) is 17.5. The number of hydrogen-bond donors (Lipinski definition) is 2. The number of aryl methyl sites for hydroxylation is 1. The number of esters is 1. The van der Waals surface area contributed by atoms with Crippen molar-refractivity contribution in [2.75, 3.05) is 12.3 Å². The number of carbonyl (C=O) groups is 1. The molecule has 1 aliphatic heterocycles. The third-order valence-corrected chi connectivity index (χ3v) is 3.94. The predicted molar refractivity (Wildman–Crippen MR) is 83.4 cm³/mol. The fraction of sp³-hybridized carbons (Fsp3) is 0.467. The maximum absolute atomic E-state index is 11.3. The molecular weight excluding hydrogens is 314 g/mol. The van der Waals surface area contributed by atoms with Crippen LogP contribution in [0.1, 0.15) is 25.4 Å². The lowest BCUT2D eigenvalue weighted by Crippen LogP contribution is -2.43. The molecule has 0 aromatic carbocycles. The van der Waals surface area contributed by atoms with Crippen LogP contribution in [0.5, 0.6) is 0 Å². The van der Waals surface area contributed by atoms with E-state index in [1.165, 1.54) is 13.3 Å². The third kappa shape index (κ3) is 2.46. The highest BCUT2D eigenvalue weighted by molar-refractivity contribution is 5.81. The summed E-state index contributed by atoms with van der Waals surface area (Å²) in [5.41, 5.74) is 5.37. The van der Waals surface area contributed by atoms with Crippen molar-refractivity contribution in [3.8, 4) is 12.3 Å². The molecule has 9 heteroatoms. The Labute approximate surface area is 137 Å². The van der Waals surface area contributed by atoms with E-state index in [2.05, 4.69) is 20.9 Å². The van der Waals surface area contributed by atoms with E-state index in [1.54, 1.807) is 11.5 Å². The molecule has 3 N–H and O–H groups in total. The molecule has 2 aromatic heterocycles. The van der Waals surface area contributed by atoms with Crippen LogP contribution in [-0.2, 0) is 14.3 Å². The minimum absolute atomic E-state index is 0.249. The van der Waals surface area contributed by atoms with Gasteiger partial charge < -0.3 is 20.3 Å². The monoisotopic (exact) mass is 331 g/mol. The van der Waals surface area contributed by atoms with Gasteiger partial charge in [0.05, 0.1) is 12.9 Å². The minimum atomic E-state index is -1.42. The van der Waals surface area contributed by atoms with Crippen LogP contribution in [0, 0.1) is 19.3 Å². The molecule has 126 valence electrons. The number of terminal acetylenes is 1. The molecular formula is C15H17N5O4. The quantitative estimate of drug-likeness (QED) is 0.591. The van der Waals surface area contributed by atoms with Gasteiger partial charge in [-0.05, 0) is 6.92 Å². The van der Waals surface area contributed by atoms with Gasteiger partial charge in [0, 0.05) is 13.3 Å². The predicted octanol–water partition coefficient (Wildman–Crippen LogP) is -0.0682. The van der Waals surface area contributed by atoms with Gasteiger partial charge in [-0.15, -0.1) is 6.42 Å². The number of nitrogens with zero attached hydrogens (tertiary/aromatic N) is 4. The van der Waals surface area contributed by atoms with Crippen LogP contribution in [0.15, 0.2) is 6.33 Å². The highest BCUT2D eigenvalue weighted by atomic mass is 16.6. The van der Waals surface area contributed by atoms with Gasteiger partial charge in [0.1, 0.15) is 23.7 Å². The van der Waals surface area contributed by atoms with Gasteiger partial charge in [0.2, 0.25) is 0 Å². The van der Waals surface area contributed by atoms with Crippen LogP contribution < -0.4 is 5.73 Å². The van der Waals surface area contributed by atoms with Gasteiger partial charge in [-0.25, -0.2) is 15.0 Å². The molecule has 1 fully saturated rings. The zero-order valence-electron chi connectivity index (χ0n) is 13.3. The summed E-state index contributed by atoms with van der Waals surface area (Å²) in [6.07, 6.45) is 5.88. The fourth-order valence-corrected chi connectivity index (χ4v) is 2.83. The molecule has 0 unspecified atom stereocenters. The summed E-state index contributed by atoms with van der Waals surface area (Å²) in [7, 11) is 0. The van der Waals surface area contributed by atoms with Crippen molar-refractivity contribution in [3.05, 3.63) is 12.2 Å². The SMILES string of the molecule is C#C[C@]1(CO)O[C@@H](n2cnc3c(N)nc(C)nc32)C[C@@H]1OC(C)=O. The molecule has 0 bridgehead atoms. The van der Waals surface area contributed by atoms with Crippen LogP contribution in [0.2, 0.25) is 0 Å². The van der Waals surface area contributed by atoms with Crippen molar-refractivity contribution in [2.45, 2.75) is 38.2 Å². The van der Waals surface area contributed by atoms with E-state index in [-0.39, 0.29) is 12.2 Å². The molecule has 1 aliphatic rings. The lowest BCUT2D eigenvalue weighted by atomic mass is 9.98. The van der Waals surface area contributed by atoms with Gasteiger partial charge >= 0.3 is 5.97 Å². The first-order valence-corrected chi connectivity index (χ1v) is 7.30. The minimum Gasteiger partial charge on any atom is -0.458 e. The highest BCUT2D eigenvalue weighted by Gasteiger charge is 2.50. The molecule has 9 nitrogen and oxygen atoms in total. The van der Waals surface area contributed by atoms with E-state index in [1.807, 2.05) is 0 Å². The summed E-state index contributed by atoms with van der Waals surface area (Å²) in [6, 6.07) is 0. The number of rotatable bonds is 3. The number of anilines is 1. The first-order valence-electron chi connectivity index (χ1n) is 7.30. The second-order valence-corrected chi connectivity index (χ2v) is 5.58. The zero-order valence-corrected chi connectivity index (χ0v) is 13.3. The number of fused-ring (bicyclic) bond motifs is 1. The van der Waals surface area contributed by atoms with Gasteiger partial charge in [-0.3, -0.25) is 9.36 Å². The summed E-state index contributed by atoms with van der Waals surface area (Å²) in [5, 5.41) is 9.69. The molecule has 3 rings (SSSR count). The molecule has 3 atom stereocenters. The second kappa shape index (κ2) is 5.74. The Balaban J connectivity index is 2.02. The summed E-state index contributed by atoms with van der Waals surface area (Å²) in [6.45, 7) is 2.50. The summed E-state index contributed by atoms with van der Waals surface area (Å²) < 4.78 is 12.7. The fourth-order valence-electron chi connectivity index (χ4n) is 2.83. The smallest absolute Gasteiger partial charge is 0.303 e. The Kier molecular flexibility index (Phi) is 3.87. The Morgan fingerprint density at radius 2 is 2.42 bits per heavy atom. The molecule has 2 aromatic rings. The maximum Gasteiger partial charge on any atom is 0.303 e. The first kappa shape index (κ1) is 16.2. The summed E-state index contributed by atoms with van der Waals surface area (Å²) in [5.74, 6) is 2.65. The van der Waals surface area contributed by atoms with Crippen molar-refractivity contribution in [1.82, 2.24) is 19.5 Å². The first-order chi connectivity index (χ1) is 11.4. The van der Waals surface area contributed by atoms with E-state index in [0.717, 1.165) is 0 Å². The van der Waals surface area contributed by atoms with Gasteiger partial charge in [0.15, 0.2) is 17.1 Å². The number of aromatic nitrogens is 4. The molecule has 3 heterocycles. The van der Waals surface area contributed by atoms with Crippen LogP contribution in [-0.4, -0.2) is 48.9 Å². The number of aliphatic hydroxyl groups excluding tert-OH is 1.